The first-order chi connectivity index (χ1) is 6.63. The second kappa shape index (κ2) is 4.64. The number of carbonyl (C=O) groups excluding carboxylic acids is 1. The first-order valence-electron chi connectivity index (χ1n) is 3.61. The van der Waals surface area contributed by atoms with E-state index in [4.69, 9.17) is 0 Å². The van der Waals surface area contributed by atoms with Gasteiger partial charge in [0, 0.05) is 16.6 Å². The smallest absolute Gasteiger partial charge is 0.258 e. The summed E-state index contributed by atoms with van der Waals surface area (Å²) in [5.74, 6) is 0. The Hall–Kier alpha value is -1.52. The summed E-state index contributed by atoms with van der Waals surface area (Å²) in [4.78, 5) is 23.1. The highest BCUT2D eigenvalue weighted by Crippen LogP contribution is 2.21. The van der Waals surface area contributed by atoms with Gasteiger partial charge in [0.2, 0.25) is 6.08 Å². The Morgan fingerprint density at radius 3 is 2.79 bits per heavy atom. The van der Waals surface area contributed by atoms with Crippen LogP contribution in [-0.4, -0.2) is 11.0 Å². The average Bonchev–Trinajstić information content (AvgIpc) is 2.14. The molecule has 0 saturated heterocycles. The van der Waals surface area contributed by atoms with Gasteiger partial charge in [-0.05, 0) is 11.6 Å². The monoisotopic (exact) mass is 256 g/mol. The number of nitro benzene ring substituents is 1. The predicted molar refractivity (Wildman–Crippen MR) is 52.6 cm³/mol. The number of halogens is 1. The number of rotatable bonds is 3. The lowest BCUT2D eigenvalue weighted by Gasteiger charge is -1.97. The standard InChI is InChI=1S/C8H5BrN2O3/c9-7-1-6(4-10-5-12)2-8(3-7)11(13)14/h1-3H,4H2. The number of hydrogen-bond donors (Lipinski definition) is 0. The lowest BCUT2D eigenvalue weighted by Crippen LogP contribution is -1.90. The second-order valence-electron chi connectivity index (χ2n) is 2.48. The van der Waals surface area contributed by atoms with Crippen LogP contribution in [0.15, 0.2) is 27.7 Å². The lowest BCUT2D eigenvalue weighted by molar-refractivity contribution is -0.385. The third-order valence-electron chi connectivity index (χ3n) is 1.48. The van der Waals surface area contributed by atoms with Crippen molar-refractivity contribution in [3.63, 3.8) is 0 Å². The molecule has 5 nitrogen and oxygen atoms in total. The number of hydrogen-bond acceptors (Lipinski definition) is 4. The van der Waals surface area contributed by atoms with Crippen LogP contribution in [-0.2, 0) is 11.3 Å². The highest BCUT2D eigenvalue weighted by molar-refractivity contribution is 9.10. The molecule has 0 unspecified atom stereocenters. The van der Waals surface area contributed by atoms with Crippen molar-refractivity contribution >= 4 is 27.7 Å². The summed E-state index contributed by atoms with van der Waals surface area (Å²) in [6, 6.07) is 4.41. The van der Waals surface area contributed by atoms with Gasteiger partial charge in [0.05, 0.1) is 11.5 Å². The number of nitro groups is 1. The molecule has 0 atom stereocenters. The van der Waals surface area contributed by atoms with Gasteiger partial charge >= 0.3 is 0 Å². The van der Waals surface area contributed by atoms with E-state index in [1.54, 1.807) is 6.07 Å². The van der Waals surface area contributed by atoms with Gasteiger partial charge < -0.3 is 0 Å². The van der Waals surface area contributed by atoms with Gasteiger partial charge in [-0.1, -0.05) is 15.9 Å². The maximum atomic E-state index is 10.5. The van der Waals surface area contributed by atoms with Gasteiger partial charge in [-0.3, -0.25) is 10.1 Å². The molecule has 0 amide bonds. The zero-order chi connectivity index (χ0) is 10.6. The van der Waals surface area contributed by atoms with E-state index in [-0.39, 0.29) is 12.2 Å². The fraction of sp³-hybridized carbons (Fsp3) is 0.125. The van der Waals surface area contributed by atoms with Crippen LogP contribution in [0.3, 0.4) is 0 Å². The Bertz CT molecular complexity index is 413. The van der Waals surface area contributed by atoms with Gasteiger partial charge in [-0.15, -0.1) is 0 Å². The van der Waals surface area contributed by atoms with E-state index in [2.05, 4.69) is 20.9 Å². The molecular weight excluding hydrogens is 252 g/mol. The molecule has 0 aliphatic heterocycles. The fourth-order valence-corrected chi connectivity index (χ4v) is 1.48. The van der Waals surface area contributed by atoms with Gasteiger partial charge in [-0.2, -0.15) is 0 Å². The molecule has 0 bridgehead atoms. The van der Waals surface area contributed by atoms with E-state index in [1.807, 2.05) is 0 Å². The molecule has 72 valence electrons. The zero-order valence-electron chi connectivity index (χ0n) is 6.94. The third-order valence-corrected chi connectivity index (χ3v) is 1.94. The van der Waals surface area contributed by atoms with E-state index in [1.165, 1.54) is 18.2 Å². The summed E-state index contributed by atoms with van der Waals surface area (Å²) in [6.45, 7) is 0.101. The van der Waals surface area contributed by atoms with E-state index in [0.29, 0.717) is 10.0 Å². The van der Waals surface area contributed by atoms with Crippen molar-refractivity contribution in [2.45, 2.75) is 6.54 Å². The summed E-state index contributed by atoms with van der Waals surface area (Å²) < 4.78 is 0.586. The molecule has 6 heteroatoms. The molecule has 0 fully saturated rings. The van der Waals surface area contributed by atoms with Crippen molar-refractivity contribution in [2.24, 2.45) is 4.99 Å². The lowest BCUT2D eigenvalue weighted by atomic mass is 10.2. The molecule has 0 saturated carbocycles. The minimum Gasteiger partial charge on any atom is -0.258 e. The predicted octanol–water partition coefficient (Wildman–Crippen LogP) is 2.19. The fourth-order valence-electron chi connectivity index (χ4n) is 0.954. The Labute approximate surface area is 87.7 Å². The highest BCUT2D eigenvalue weighted by Gasteiger charge is 2.07. The Kier molecular flexibility index (Phi) is 3.50. The number of non-ortho nitro benzene ring substituents is 1. The van der Waals surface area contributed by atoms with Crippen molar-refractivity contribution in [2.75, 3.05) is 0 Å². The largest absolute Gasteiger partial charge is 0.270 e. The zero-order valence-corrected chi connectivity index (χ0v) is 8.52. The molecular formula is C8H5BrN2O3. The summed E-state index contributed by atoms with van der Waals surface area (Å²) in [5, 5.41) is 10.5. The van der Waals surface area contributed by atoms with E-state index >= 15 is 0 Å². The number of isocyanates is 1. The van der Waals surface area contributed by atoms with Crippen LogP contribution in [0.4, 0.5) is 5.69 Å². The number of aliphatic imine (C=N–C) groups is 1. The molecule has 0 heterocycles. The topological polar surface area (TPSA) is 72.6 Å². The molecule has 0 aliphatic carbocycles. The van der Waals surface area contributed by atoms with Gasteiger partial charge in [-0.25, -0.2) is 9.79 Å². The number of benzene rings is 1. The van der Waals surface area contributed by atoms with Gasteiger partial charge in [0.25, 0.3) is 5.69 Å². The minimum absolute atomic E-state index is 0.0320. The third kappa shape index (κ3) is 2.76. The van der Waals surface area contributed by atoms with Crippen LogP contribution >= 0.6 is 15.9 Å². The molecule has 1 aromatic rings. The minimum atomic E-state index is -0.501. The van der Waals surface area contributed by atoms with Crippen LogP contribution in [0, 0.1) is 10.1 Å². The molecule has 0 N–H and O–H groups in total. The molecule has 0 spiro atoms. The molecule has 0 aliphatic rings. The second-order valence-corrected chi connectivity index (χ2v) is 3.40. The van der Waals surface area contributed by atoms with Crippen LogP contribution in [0.25, 0.3) is 0 Å². The molecule has 1 aromatic carbocycles. The highest BCUT2D eigenvalue weighted by atomic mass is 79.9. The molecule has 1 rings (SSSR count). The Morgan fingerprint density at radius 2 is 2.21 bits per heavy atom. The quantitative estimate of drug-likeness (QED) is 0.360. The molecule has 14 heavy (non-hydrogen) atoms. The summed E-state index contributed by atoms with van der Waals surface area (Å²) in [5.41, 5.74) is 0.560. The SMILES string of the molecule is O=C=NCc1cc(Br)cc([N+](=O)[O-])c1. The maximum absolute atomic E-state index is 10.5. The summed E-state index contributed by atoms with van der Waals surface area (Å²) in [6.07, 6.45) is 1.37. The van der Waals surface area contributed by atoms with Crippen LogP contribution < -0.4 is 0 Å². The van der Waals surface area contributed by atoms with Crippen LogP contribution in [0.1, 0.15) is 5.56 Å². The van der Waals surface area contributed by atoms with Crippen molar-refractivity contribution < 1.29 is 9.72 Å². The van der Waals surface area contributed by atoms with Crippen molar-refractivity contribution in [1.29, 1.82) is 0 Å². The normalized spacial score (nSPS) is 9.21. The van der Waals surface area contributed by atoms with E-state index < -0.39 is 4.92 Å². The van der Waals surface area contributed by atoms with Crippen molar-refractivity contribution in [3.8, 4) is 0 Å². The molecule has 0 radical (unpaired) electrons. The number of nitrogens with zero attached hydrogens (tertiary/aromatic N) is 2. The Balaban J connectivity index is 3.06. The van der Waals surface area contributed by atoms with Crippen molar-refractivity contribution in [1.82, 2.24) is 0 Å². The van der Waals surface area contributed by atoms with E-state index in [9.17, 15) is 14.9 Å². The van der Waals surface area contributed by atoms with Crippen LogP contribution in [0.2, 0.25) is 0 Å². The van der Waals surface area contributed by atoms with Gasteiger partial charge in [0.15, 0.2) is 0 Å². The first kappa shape index (κ1) is 10.6. The summed E-state index contributed by atoms with van der Waals surface area (Å²) in [7, 11) is 0. The average molecular weight is 257 g/mol. The Morgan fingerprint density at radius 1 is 1.50 bits per heavy atom. The summed E-state index contributed by atoms with van der Waals surface area (Å²) >= 11 is 3.13. The first-order valence-corrected chi connectivity index (χ1v) is 4.40. The van der Waals surface area contributed by atoms with E-state index in [0.717, 1.165) is 0 Å². The van der Waals surface area contributed by atoms with Crippen molar-refractivity contribution in [3.05, 3.63) is 38.3 Å². The maximum Gasteiger partial charge on any atom is 0.270 e. The van der Waals surface area contributed by atoms with Crippen LogP contribution in [0.5, 0.6) is 0 Å². The van der Waals surface area contributed by atoms with Gasteiger partial charge in [0.1, 0.15) is 0 Å². The molecule has 0 aromatic heterocycles.